The molecule has 2 rings (SSSR count). The Hall–Kier alpha value is -1.30. The van der Waals surface area contributed by atoms with Crippen LogP contribution in [0.3, 0.4) is 0 Å². The predicted molar refractivity (Wildman–Crippen MR) is 78.5 cm³/mol. The minimum absolute atomic E-state index is 0.0339. The summed E-state index contributed by atoms with van der Waals surface area (Å²) in [4.78, 5) is 25.1. The number of amides is 1. The number of carboxylic acid groups (broad SMARTS) is 1. The average molecular weight is 332 g/mol. The number of hydrogen-bond acceptors (Lipinski definition) is 3. The topological polar surface area (TPSA) is 66.8 Å². The number of nitrogens with zero attached hydrogens (tertiary/aromatic N) is 1. The second-order valence-electron chi connectivity index (χ2n) is 4.88. The van der Waals surface area contributed by atoms with Crippen LogP contribution in [-0.4, -0.2) is 42.1 Å². The Morgan fingerprint density at radius 1 is 1.38 bits per heavy atom. The van der Waals surface area contributed by atoms with E-state index in [1.54, 1.807) is 18.2 Å². The number of methoxy groups -OCH3 is 1. The molecular weight excluding hydrogens is 317 g/mol. The molecule has 0 aliphatic carbocycles. The lowest BCUT2D eigenvalue weighted by atomic mass is 9.94. The molecule has 1 aliphatic rings. The van der Waals surface area contributed by atoms with Crippen LogP contribution in [0.5, 0.6) is 0 Å². The molecule has 2 atom stereocenters. The quantitative estimate of drug-likeness (QED) is 0.900. The fraction of sp³-hybridized carbons (Fsp3) is 0.429. The Morgan fingerprint density at radius 3 is 2.52 bits per heavy atom. The Labute approximate surface area is 132 Å². The second-order valence-corrected chi connectivity index (χ2v) is 5.75. The standard InChI is InChI=1S/C14H15Cl2NO4/c1-21-3-2-17-12(18)7-11(14(19)20)13(17)8-4-9(15)6-10(16)5-8/h4-6,11,13H,2-3,7H2,1H3,(H,19,20). The van der Waals surface area contributed by atoms with Crippen molar-refractivity contribution in [3.05, 3.63) is 33.8 Å². The molecule has 5 nitrogen and oxygen atoms in total. The van der Waals surface area contributed by atoms with Crippen molar-refractivity contribution in [3.63, 3.8) is 0 Å². The summed E-state index contributed by atoms with van der Waals surface area (Å²) in [5.41, 5.74) is 0.627. The number of hydrogen-bond donors (Lipinski definition) is 1. The van der Waals surface area contributed by atoms with Crippen LogP contribution in [0.15, 0.2) is 18.2 Å². The lowest BCUT2D eigenvalue weighted by Gasteiger charge is -2.27. The minimum atomic E-state index is -1.01. The highest BCUT2D eigenvalue weighted by Gasteiger charge is 2.44. The minimum Gasteiger partial charge on any atom is -0.481 e. The number of carbonyl (C=O) groups is 2. The van der Waals surface area contributed by atoms with Crippen LogP contribution in [0.25, 0.3) is 0 Å². The SMILES string of the molecule is COCCN1C(=O)CC(C(=O)O)C1c1cc(Cl)cc(Cl)c1. The molecule has 1 N–H and O–H groups in total. The zero-order valence-electron chi connectivity index (χ0n) is 11.4. The van der Waals surface area contributed by atoms with E-state index >= 15 is 0 Å². The van der Waals surface area contributed by atoms with E-state index in [1.807, 2.05) is 0 Å². The van der Waals surface area contributed by atoms with Crippen molar-refractivity contribution in [3.8, 4) is 0 Å². The summed E-state index contributed by atoms with van der Waals surface area (Å²) in [5, 5.41) is 10.2. The van der Waals surface area contributed by atoms with Crippen molar-refractivity contribution in [2.24, 2.45) is 5.92 Å². The van der Waals surface area contributed by atoms with E-state index in [9.17, 15) is 14.7 Å². The van der Waals surface area contributed by atoms with Gasteiger partial charge in [-0.15, -0.1) is 0 Å². The lowest BCUT2D eigenvalue weighted by Crippen LogP contribution is -2.33. The molecule has 114 valence electrons. The predicted octanol–water partition coefficient (Wildman–Crippen LogP) is 2.61. The fourth-order valence-corrected chi connectivity index (χ4v) is 3.17. The molecule has 1 saturated heterocycles. The summed E-state index contributed by atoms with van der Waals surface area (Å²) >= 11 is 12.0. The highest BCUT2D eigenvalue weighted by atomic mass is 35.5. The second kappa shape index (κ2) is 6.64. The lowest BCUT2D eigenvalue weighted by molar-refractivity contribution is -0.142. The largest absolute Gasteiger partial charge is 0.481 e. The van der Waals surface area contributed by atoms with E-state index in [2.05, 4.69) is 0 Å². The maximum absolute atomic E-state index is 12.1. The molecule has 21 heavy (non-hydrogen) atoms. The van der Waals surface area contributed by atoms with Crippen LogP contribution in [-0.2, 0) is 14.3 Å². The van der Waals surface area contributed by atoms with Gasteiger partial charge < -0.3 is 14.7 Å². The number of carbonyl (C=O) groups excluding carboxylic acids is 1. The summed E-state index contributed by atoms with van der Waals surface area (Å²) in [6.07, 6.45) is -0.0339. The van der Waals surface area contributed by atoms with Crippen molar-refractivity contribution in [2.45, 2.75) is 12.5 Å². The summed E-state index contributed by atoms with van der Waals surface area (Å²) in [6.45, 7) is 0.663. The number of rotatable bonds is 5. The van der Waals surface area contributed by atoms with E-state index in [0.717, 1.165) is 0 Å². The first-order chi connectivity index (χ1) is 9.93. The van der Waals surface area contributed by atoms with Gasteiger partial charge in [-0.3, -0.25) is 9.59 Å². The van der Waals surface area contributed by atoms with Crippen LogP contribution in [0.4, 0.5) is 0 Å². The van der Waals surface area contributed by atoms with E-state index in [0.29, 0.717) is 28.8 Å². The number of likely N-dealkylation sites (tertiary alicyclic amines) is 1. The van der Waals surface area contributed by atoms with Gasteiger partial charge in [-0.1, -0.05) is 23.2 Å². The summed E-state index contributed by atoms with van der Waals surface area (Å²) in [7, 11) is 1.53. The Kier molecular flexibility index (Phi) is 5.08. The zero-order chi connectivity index (χ0) is 15.6. The normalized spacial score (nSPS) is 21.9. The van der Waals surface area contributed by atoms with Gasteiger partial charge in [0.1, 0.15) is 0 Å². The molecule has 1 heterocycles. The first kappa shape index (κ1) is 16.1. The van der Waals surface area contributed by atoms with E-state index in [4.69, 9.17) is 27.9 Å². The van der Waals surface area contributed by atoms with Crippen molar-refractivity contribution < 1.29 is 19.4 Å². The van der Waals surface area contributed by atoms with Gasteiger partial charge in [-0.25, -0.2) is 0 Å². The smallest absolute Gasteiger partial charge is 0.309 e. The van der Waals surface area contributed by atoms with Crippen LogP contribution in [0.2, 0.25) is 10.0 Å². The third kappa shape index (κ3) is 3.48. The number of ether oxygens (including phenoxy) is 1. The third-order valence-electron chi connectivity index (χ3n) is 3.51. The molecule has 1 aromatic carbocycles. The molecule has 1 fully saturated rings. The van der Waals surface area contributed by atoms with Gasteiger partial charge >= 0.3 is 5.97 Å². The number of benzene rings is 1. The van der Waals surface area contributed by atoms with Gasteiger partial charge in [0, 0.05) is 30.1 Å². The molecule has 1 amide bonds. The fourth-order valence-electron chi connectivity index (χ4n) is 2.62. The monoisotopic (exact) mass is 331 g/mol. The van der Waals surface area contributed by atoms with E-state index in [1.165, 1.54) is 12.0 Å². The van der Waals surface area contributed by atoms with Crippen LogP contribution < -0.4 is 0 Å². The van der Waals surface area contributed by atoms with Crippen molar-refractivity contribution in [1.29, 1.82) is 0 Å². The molecule has 0 spiro atoms. The summed E-state index contributed by atoms with van der Waals surface area (Å²) < 4.78 is 4.99. The van der Waals surface area contributed by atoms with Crippen molar-refractivity contribution in [2.75, 3.05) is 20.3 Å². The van der Waals surface area contributed by atoms with Crippen molar-refractivity contribution >= 4 is 35.1 Å². The number of carboxylic acids is 1. The average Bonchev–Trinajstić information content (AvgIpc) is 2.72. The van der Waals surface area contributed by atoms with Crippen LogP contribution >= 0.6 is 23.2 Å². The maximum Gasteiger partial charge on any atom is 0.309 e. The van der Waals surface area contributed by atoms with Crippen LogP contribution in [0.1, 0.15) is 18.0 Å². The molecule has 2 unspecified atom stereocenters. The highest BCUT2D eigenvalue weighted by molar-refractivity contribution is 6.34. The molecule has 0 saturated carbocycles. The molecule has 0 radical (unpaired) electrons. The molecule has 1 aromatic rings. The molecular formula is C14H15Cl2NO4. The van der Waals surface area contributed by atoms with Gasteiger partial charge in [0.2, 0.25) is 5.91 Å². The van der Waals surface area contributed by atoms with E-state index < -0.39 is 17.9 Å². The third-order valence-corrected chi connectivity index (χ3v) is 3.95. The van der Waals surface area contributed by atoms with Gasteiger partial charge in [0.15, 0.2) is 0 Å². The zero-order valence-corrected chi connectivity index (χ0v) is 12.9. The van der Waals surface area contributed by atoms with Crippen molar-refractivity contribution in [1.82, 2.24) is 4.90 Å². The first-order valence-electron chi connectivity index (χ1n) is 6.41. The maximum atomic E-state index is 12.1. The molecule has 0 bridgehead atoms. The summed E-state index contributed by atoms with van der Waals surface area (Å²) in [5.74, 6) is -2.03. The highest BCUT2D eigenvalue weighted by Crippen LogP contribution is 2.39. The van der Waals surface area contributed by atoms with Gasteiger partial charge in [-0.2, -0.15) is 0 Å². The Balaban J connectivity index is 2.40. The molecule has 0 aromatic heterocycles. The first-order valence-corrected chi connectivity index (χ1v) is 7.17. The molecule has 1 aliphatic heterocycles. The van der Waals surface area contributed by atoms with Gasteiger partial charge in [-0.05, 0) is 23.8 Å². The summed E-state index contributed by atoms with van der Waals surface area (Å²) in [6, 6.07) is 4.28. The Bertz CT molecular complexity index is 544. The Morgan fingerprint density at radius 2 is 2.00 bits per heavy atom. The van der Waals surface area contributed by atoms with Gasteiger partial charge in [0.05, 0.1) is 18.6 Å². The van der Waals surface area contributed by atoms with Gasteiger partial charge in [0.25, 0.3) is 0 Å². The van der Waals surface area contributed by atoms with E-state index in [-0.39, 0.29) is 12.3 Å². The molecule has 7 heteroatoms. The number of halogens is 2. The van der Waals surface area contributed by atoms with Crippen LogP contribution in [0, 0.1) is 5.92 Å². The number of aliphatic carboxylic acids is 1.